The van der Waals surface area contributed by atoms with Crippen molar-refractivity contribution >= 4 is 11.7 Å². The summed E-state index contributed by atoms with van der Waals surface area (Å²) in [6.45, 7) is 8.19. The number of nitrogens with zero attached hydrogens (tertiary/aromatic N) is 4. The van der Waals surface area contributed by atoms with Gasteiger partial charge in [-0.1, -0.05) is 46.0 Å². The van der Waals surface area contributed by atoms with Crippen LogP contribution in [0.4, 0.5) is 5.82 Å². The fourth-order valence-electron chi connectivity index (χ4n) is 4.54. The number of ether oxygens (including phenoxy) is 1. The summed E-state index contributed by atoms with van der Waals surface area (Å²) < 4.78 is 7.19. The van der Waals surface area contributed by atoms with Crippen molar-refractivity contribution in [3.8, 4) is 5.95 Å². The summed E-state index contributed by atoms with van der Waals surface area (Å²) >= 11 is 0. The van der Waals surface area contributed by atoms with E-state index in [1.54, 1.807) is 12.5 Å². The van der Waals surface area contributed by atoms with Crippen molar-refractivity contribution in [1.29, 1.82) is 0 Å². The standard InChI is InChI=1S/C26H42N6O2/c1-4-34-16-8-13-28-25(33)23(17-20(2)3)30-24-18-22(12-11-21-9-6-5-7-10-21)29-26(31-24)32-15-14-27-19-32/h14-15,18-21,23H,4-13,16-17H2,1-3H3,(H,28,33)(H,29,30,31). The summed E-state index contributed by atoms with van der Waals surface area (Å²) in [7, 11) is 0. The number of aromatic nitrogens is 4. The van der Waals surface area contributed by atoms with Crippen LogP contribution < -0.4 is 10.6 Å². The Morgan fingerprint density at radius 2 is 2.06 bits per heavy atom. The molecule has 2 aromatic heterocycles. The lowest BCUT2D eigenvalue weighted by Gasteiger charge is -2.22. The molecule has 1 unspecified atom stereocenters. The molecule has 8 nitrogen and oxygen atoms in total. The highest BCUT2D eigenvalue weighted by Crippen LogP contribution is 2.27. The van der Waals surface area contributed by atoms with E-state index < -0.39 is 0 Å². The molecule has 34 heavy (non-hydrogen) atoms. The average Bonchev–Trinajstić information content (AvgIpc) is 3.38. The topological polar surface area (TPSA) is 94.0 Å². The van der Waals surface area contributed by atoms with Crippen LogP contribution in [0, 0.1) is 11.8 Å². The van der Waals surface area contributed by atoms with Gasteiger partial charge in [0.15, 0.2) is 0 Å². The maximum atomic E-state index is 13.0. The SMILES string of the molecule is CCOCCCNC(=O)C(CC(C)C)Nc1cc(CCC2CCCCC2)nc(-n2ccnc2)n1. The van der Waals surface area contributed by atoms with Crippen LogP contribution in [0.3, 0.4) is 0 Å². The minimum Gasteiger partial charge on any atom is -0.382 e. The summed E-state index contributed by atoms with van der Waals surface area (Å²) in [4.78, 5) is 26.7. The first-order valence-corrected chi connectivity index (χ1v) is 13.0. The summed E-state index contributed by atoms with van der Waals surface area (Å²) in [6.07, 6.45) is 15.6. The van der Waals surface area contributed by atoms with E-state index in [9.17, 15) is 4.79 Å². The molecular formula is C26H42N6O2. The lowest BCUT2D eigenvalue weighted by atomic mass is 9.86. The molecule has 3 rings (SSSR count). The number of anilines is 1. The number of amides is 1. The van der Waals surface area contributed by atoms with Gasteiger partial charge in [-0.05, 0) is 44.4 Å². The number of carbonyl (C=O) groups excluding carboxylic acids is 1. The first-order chi connectivity index (χ1) is 16.5. The number of rotatable bonds is 14. The highest BCUT2D eigenvalue weighted by atomic mass is 16.5. The van der Waals surface area contributed by atoms with Gasteiger partial charge in [-0.25, -0.2) is 9.97 Å². The number of imidazole rings is 1. The van der Waals surface area contributed by atoms with Crippen LogP contribution in [0.2, 0.25) is 0 Å². The third kappa shape index (κ3) is 8.70. The van der Waals surface area contributed by atoms with Gasteiger partial charge in [0.1, 0.15) is 18.2 Å². The Balaban J connectivity index is 1.71. The normalized spacial score (nSPS) is 15.4. The Morgan fingerprint density at radius 1 is 1.24 bits per heavy atom. The predicted molar refractivity (Wildman–Crippen MR) is 135 cm³/mol. The molecule has 0 spiro atoms. The maximum absolute atomic E-state index is 13.0. The van der Waals surface area contributed by atoms with Crippen molar-refractivity contribution in [2.75, 3.05) is 25.1 Å². The predicted octanol–water partition coefficient (Wildman–Crippen LogP) is 4.54. The third-order valence-electron chi connectivity index (χ3n) is 6.35. The molecule has 0 aliphatic heterocycles. The fraction of sp³-hybridized carbons (Fsp3) is 0.692. The highest BCUT2D eigenvalue weighted by molar-refractivity contribution is 5.84. The van der Waals surface area contributed by atoms with Gasteiger partial charge in [0.25, 0.3) is 0 Å². The minimum absolute atomic E-state index is 0.00301. The molecule has 1 fully saturated rings. The van der Waals surface area contributed by atoms with Crippen molar-refractivity contribution in [2.24, 2.45) is 11.8 Å². The van der Waals surface area contributed by atoms with Crippen molar-refractivity contribution in [3.05, 3.63) is 30.5 Å². The van der Waals surface area contributed by atoms with Gasteiger partial charge in [0.05, 0.1) is 0 Å². The average molecular weight is 471 g/mol. The van der Waals surface area contributed by atoms with Gasteiger partial charge in [-0.2, -0.15) is 4.98 Å². The van der Waals surface area contributed by atoms with Crippen molar-refractivity contribution in [3.63, 3.8) is 0 Å². The third-order valence-corrected chi connectivity index (χ3v) is 6.35. The Morgan fingerprint density at radius 3 is 2.76 bits per heavy atom. The van der Waals surface area contributed by atoms with Crippen LogP contribution in [0.25, 0.3) is 5.95 Å². The van der Waals surface area contributed by atoms with Gasteiger partial charge in [-0.15, -0.1) is 0 Å². The van der Waals surface area contributed by atoms with E-state index in [4.69, 9.17) is 14.7 Å². The molecule has 8 heteroatoms. The van der Waals surface area contributed by atoms with E-state index in [0.29, 0.717) is 37.4 Å². The molecule has 0 aromatic carbocycles. The molecule has 1 aliphatic rings. The van der Waals surface area contributed by atoms with Gasteiger partial charge in [0.2, 0.25) is 11.9 Å². The molecule has 2 heterocycles. The first kappa shape index (κ1) is 26.1. The molecule has 1 amide bonds. The fourth-order valence-corrected chi connectivity index (χ4v) is 4.54. The monoisotopic (exact) mass is 470 g/mol. The second kappa shape index (κ2) is 14.0. The van der Waals surface area contributed by atoms with Gasteiger partial charge in [0, 0.05) is 43.9 Å². The zero-order valence-electron chi connectivity index (χ0n) is 21.1. The Labute approximate surface area is 204 Å². The molecule has 0 bridgehead atoms. The number of hydrogen-bond donors (Lipinski definition) is 2. The number of aryl methyl sites for hydroxylation is 1. The Bertz CT molecular complexity index is 849. The van der Waals surface area contributed by atoms with Crippen LogP contribution in [-0.4, -0.2) is 51.2 Å². The van der Waals surface area contributed by atoms with Crippen LogP contribution in [0.5, 0.6) is 0 Å². The molecule has 2 N–H and O–H groups in total. The summed E-state index contributed by atoms with van der Waals surface area (Å²) in [5.74, 6) is 2.42. The maximum Gasteiger partial charge on any atom is 0.242 e. The molecule has 188 valence electrons. The van der Waals surface area contributed by atoms with E-state index >= 15 is 0 Å². The molecule has 2 aromatic rings. The molecule has 1 saturated carbocycles. The quantitative estimate of drug-likeness (QED) is 0.394. The molecule has 0 radical (unpaired) electrons. The molecule has 1 atom stereocenters. The van der Waals surface area contributed by atoms with Gasteiger partial charge >= 0.3 is 0 Å². The van der Waals surface area contributed by atoms with Crippen molar-refractivity contribution < 1.29 is 9.53 Å². The molecular weight excluding hydrogens is 428 g/mol. The van der Waals surface area contributed by atoms with Crippen LogP contribution in [0.15, 0.2) is 24.8 Å². The van der Waals surface area contributed by atoms with Crippen LogP contribution in [0.1, 0.15) is 77.8 Å². The zero-order valence-corrected chi connectivity index (χ0v) is 21.1. The lowest BCUT2D eigenvalue weighted by molar-refractivity contribution is -0.122. The van der Waals surface area contributed by atoms with Crippen LogP contribution in [-0.2, 0) is 16.0 Å². The van der Waals surface area contributed by atoms with Gasteiger partial charge in [-0.3, -0.25) is 9.36 Å². The summed E-state index contributed by atoms with van der Waals surface area (Å²) in [5, 5.41) is 6.47. The second-order valence-corrected chi connectivity index (χ2v) is 9.73. The largest absolute Gasteiger partial charge is 0.382 e. The van der Waals surface area contributed by atoms with Crippen molar-refractivity contribution in [2.45, 2.75) is 84.6 Å². The highest BCUT2D eigenvalue weighted by Gasteiger charge is 2.21. The first-order valence-electron chi connectivity index (χ1n) is 13.0. The number of carbonyl (C=O) groups is 1. The smallest absolute Gasteiger partial charge is 0.242 e. The Kier molecular flexibility index (Phi) is 10.8. The minimum atomic E-state index is -0.358. The van der Waals surface area contributed by atoms with Crippen molar-refractivity contribution in [1.82, 2.24) is 24.8 Å². The Hall–Kier alpha value is -2.48. The van der Waals surface area contributed by atoms with E-state index in [1.807, 2.05) is 23.8 Å². The summed E-state index contributed by atoms with van der Waals surface area (Å²) in [5.41, 5.74) is 1.01. The van der Waals surface area contributed by atoms with E-state index in [2.05, 4.69) is 29.5 Å². The van der Waals surface area contributed by atoms with E-state index in [-0.39, 0.29) is 11.9 Å². The van der Waals surface area contributed by atoms with Gasteiger partial charge < -0.3 is 15.4 Å². The molecule has 0 saturated heterocycles. The van der Waals surface area contributed by atoms with E-state index in [0.717, 1.165) is 37.3 Å². The van der Waals surface area contributed by atoms with E-state index in [1.165, 1.54) is 32.1 Å². The summed E-state index contributed by atoms with van der Waals surface area (Å²) in [6, 6.07) is 1.66. The zero-order chi connectivity index (χ0) is 24.2. The molecule has 1 aliphatic carbocycles. The van der Waals surface area contributed by atoms with Crippen LogP contribution >= 0.6 is 0 Å². The number of hydrogen-bond acceptors (Lipinski definition) is 6. The number of nitrogens with one attached hydrogen (secondary N) is 2. The second-order valence-electron chi connectivity index (χ2n) is 9.73. The lowest BCUT2D eigenvalue weighted by Crippen LogP contribution is -2.41.